The van der Waals surface area contributed by atoms with E-state index >= 15 is 0 Å². The second-order valence-electron chi connectivity index (χ2n) is 6.05. The lowest BCUT2D eigenvalue weighted by Gasteiger charge is -2.37. The number of aryl methyl sites for hydroxylation is 1. The first-order valence-electron chi connectivity index (χ1n) is 7.24. The van der Waals surface area contributed by atoms with Gasteiger partial charge in [0.1, 0.15) is 0 Å². The Morgan fingerprint density at radius 3 is 2.47 bits per heavy atom. The smallest absolute Gasteiger partial charge is 0.0832 e. The first-order chi connectivity index (χ1) is 8.91. The lowest BCUT2D eigenvalue weighted by Crippen LogP contribution is -2.43. The maximum Gasteiger partial charge on any atom is 0.0832 e. The molecule has 1 aromatic rings. The van der Waals surface area contributed by atoms with E-state index in [9.17, 15) is 0 Å². The third kappa shape index (κ3) is 4.32. The highest BCUT2D eigenvalue weighted by atomic mass is 16.5. The second kappa shape index (κ2) is 7.06. The van der Waals surface area contributed by atoms with E-state index in [0.29, 0.717) is 0 Å². The Bertz CT molecular complexity index is 368. The molecule has 19 heavy (non-hydrogen) atoms. The summed E-state index contributed by atoms with van der Waals surface area (Å²) >= 11 is 0. The lowest BCUT2D eigenvalue weighted by atomic mass is 9.83. The standard InChI is InChI=1S/C15H29N3O/c1-7-10-16-13(12-9-11-17-18(12)6)14(19-8-2)15(3,4)5/h9,11,13-14,16H,7-8,10H2,1-6H3. The average Bonchev–Trinajstić information content (AvgIpc) is 2.73. The van der Waals surface area contributed by atoms with E-state index < -0.39 is 0 Å². The molecule has 1 aromatic heterocycles. The van der Waals surface area contributed by atoms with Crippen molar-refractivity contribution in [3.05, 3.63) is 18.0 Å². The number of aromatic nitrogens is 2. The van der Waals surface area contributed by atoms with Gasteiger partial charge in [-0.25, -0.2) is 0 Å². The van der Waals surface area contributed by atoms with Crippen molar-refractivity contribution < 1.29 is 4.74 Å². The fourth-order valence-electron chi connectivity index (χ4n) is 2.38. The summed E-state index contributed by atoms with van der Waals surface area (Å²) in [7, 11) is 1.99. The molecule has 110 valence electrons. The Morgan fingerprint density at radius 1 is 1.37 bits per heavy atom. The van der Waals surface area contributed by atoms with Gasteiger partial charge in [-0.15, -0.1) is 0 Å². The van der Waals surface area contributed by atoms with Gasteiger partial charge in [0.25, 0.3) is 0 Å². The summed E-state index contributed by atoms with van der Waals surface area (Å²) < 4.78 is 7.98. The van der Waals surface area contributed by atoms with Crippen LogP contribution in [0.1, 0.15) is 52.8 Å². The monoisotopic (exact) mass is 267 g/mol. The van der Waals surface area contributed by atoms with Crippen LogP contribution in [0.3, 0.4) is 0 Å². The summed E-state index contributed by atoms with van der Waals surface area (Å²) in [5.41, 5.74) is 1.26. The molecule has 0 saturated heterocycles. The van der Waals surface area contributed by atoms with Crippen molar-refractivity contribution in [2.75, 3.05) is 13.2 Å². The number of nitrogens with one attached hydrogen (secondary N) is 1. The molecule has 0 radical (unpaired) electrons. The van der Waals surface area contributed by atoms with Crippen LogP contribution in [0.5, 0.6) is 0 Å². The SMILES string of the molecule is CCCNC(c1ccnn1C)C(OCC)C(C)(C)C. The van der Waals surface area contributed by atoms with Gasteiger partial charge in [0, 0.05) is 19.9 Å². The molecule has 0 aliphatic heterocycles. The minimum absolute atomic E-state index is 0.0751. The number of hydrogen-bond donors (Lipinski definition) is 1. The van der Waals surface area contributed by atoms with Gasteiger partial charge in [-0.3, -0.25) is 4.68 Å². The molecule has 0 aromatic carbocycles. The Balaban J connectivity index is 3.03. The van der Waals surface area contributed by atoms with E-state index in [1.54, 1.807) is 0 Å². The van der Waals surface area contributed by atoms with E-state index in [1.807, 2.05) is 17.9 Å². The molecule has 2 atom stereocenters. The molecule has 4 heteroatoms. The van der Waals surface area contributed by atoms with Crippen LogP contribution in [0.4, 0.5) is 0 Å². The largest absolute Gasteiger partial charge is 0.376 e. The highest BCUT2D eigenvalue weighted by Crippen LogP contribution is 2.32. The lowest BCUT2D eigenvalue weighted by molar-refractivity contribution is -0.0381. The molecule has 0 saturated carbocycles. The van der Waals surface area contributed by atoms with Crippen LogP contribution in [0.15, 0.2) is 12.3 Å². The minimum Gasteiger partial charge on any atom is -0.376 e. The van der Waals surface area contributed by atoms with Gasteiger partial charge in [0.15, 0.2) is 0 Å². The summed E-state index contributed by atoms with van der Waals surface area (Å²) in [6, 6.07) is 2.25. The Hall–Kier alpha value is -0.870. The molecular formula is C15H29N3O. The number of nitrogens with zero attached hydrogens (tertiary/aromatic N) is 2. The Labute approximate surface area is 117 Å². The maximum atomic E-state index is 6.04. The fourth-order valence-corrected chi connectivity index (χ4v) is 2.38. The molecule has 0 amide bonds. The summed E-state index contributed by atoms with van der Waals surface area (Å²) in [5, 5.41) is 7.91. The van der Waals surface area contributed by atoms with E-state index in [1.165, 1.54) is 5.69 Å². The first kappa shape index (κ1) is 16.2. The molecule has 1 heterocycles. The van der Waals surface area contributed by atoms with Crippen molar-refractivity contribution in [1.29, 1.82) is 0 Å². The summed E-state index contributed by atoms with van der Waals surface area (Å²) in [4.78, 5) is 0. The zero-order valence-electron chi connectivity index (χ0n) is 13.2. The van der Waals surface area contributed by atoms with Crippen LogP contribution in [0.2, 0.25) is 0 Å². The zero-order valence-corrected chi connectivity index (χ0v) is 13.2. The third-order valence-corrected chi connectivity index (χ3v) is 3.29. The molecule has 0 aliphatic carbocycles. The quantitative estimate of drug-likeness (QED) is 0.825. The first-order valence-corrected chi connectivity index (χ1v) is 7.24. The summed E-state index contributed by atoms with van der Waals surface area (Å²) in [6.45, 7) is 12.6. The number of ether oxygens (including phenoxy) is 1. The predicted octanol–water partition coefficient (Wildman–Crippen LogP) is 2.91. The van der Waals surface area contributed by atoms with Crippen molar-refractivity contribution >= 4 is 0 Å². The minimum atomic E-state index is 0.0751. The van der Waals surface area contributed by atoms with Gasteiger partial charge >= 0.3 is 0 Å². The fraction of sp³-hybridized carbons (Fsp3) is 0.800. The second-order valence-corrected chi connectivity index (χ2v) is 6.05. The highest BCUT2D eigenvalue weighted by Gasteiger charge is 2.34. The summed E-state index contributed by atoms with van der Waals surface area (Å²) in [6.07, 6.45) is 3.08. The molecule has 0 bridgehead atoms. The van der Waals surface area contributed by atoms with Gasteiger partial charge in [0.05, 0.1) is 17.8 Å². The number of rotatable bonds is 7. The maximum absolute atomic E-state index is 6.04. The molecule has 0 fully saturated rings. The van der Waals surface area contributed by atoms with Crippen LogP contribution in [0, 0.1) is 5.41 Å². The molecule has 0 aliphatic rings. The summed E-state index contributed by atoms with van der Waals surface area (Å²) in [5.74, 6) is 0. The molecular weight excluding hydrogens is 238 g/mol. The van der Waals surface area contributed by atoms with E-state index in [0.717, 1.165) is 19.6 Å². The molecule has 1 rings (SSSR count). The topological polar surface area (TPSA) is 39.1 Å². The molecule has 2 unspecified atom stereocenters. The van der Waals surface area contributed by atoms with Gasteiger partial charge in [-0.2, -0.15) is 5.10 Å². The van der Waals surface area contributed by atoms with Crippen molar-refractivity contribution in [3.63, 3.8) is 0 Å². The van der Waals surface area contributed by atoms with Crippen molar-refractivity contribution in [3.8, 4) is 0 Å². The highest BCUT2D eigenvalue weighted by molar-refractivity contribution is 5.10. The Kier molecular flexibility index (Phi) is 6.01. The van der Waals surface area contributed by atoms with Gasteiger partial charge in [-0.1, -0.05) is 27.7 Å². The zero-order chi connectivity index (χ0) is 14.5. The molecule has 1 N–H and O–H groups in total. The third-order valence-electron chi connectivity index (χ3n) is 3.29. The van der Waals surface area contributed by atoms with Gasteiger partial charge in [0.2, 0.25) is 0 Å². The van der Waals surface area contributed by atoms with E-state index in [4.69, 9.17) is 4.74 Å². The van der Waals surface area contributed by atoms with Crippen LogP contribution in [-0.2, 0) is 11.8 Å². The molecule has 0 spiro atoms. The van der Waals surface area contributed by atoms with Gasteiger partial charge in [-0.05, 0) is 31.4 Å². The van der Waals surface area contributed by atoms with Crippen LogP contribution in [-0.4, -0.2) is 29.0 Å². The molecule has 4 nitrogen and oxygen atoms in total. The van der Waals surface area contributed by atoms with Crippen molar-refractivity contribution in [2.24, 2.45) is 12.5 Å². The van der Waals surface area contributed by atoms with Gasteiger partial charge < -0.3 is 10.1 Å². The van der Waals surface area contributed by atoms with Crippen LogP contribution < -0.4 is 5.32 Å². The average molecular weight is 267 g/mol. The van der Waals surface area contributed by atoms with Crippen molar-refractivity contribution in [1.82, 2.24) is 15.1 Å². The number of hydrogen-bond acceptors (Lipinski definition) is 3. The van der Waals surface area contributed by atoms with E-state index in [-0.39, 0.29) is 17.6 Å². The predicted molar refractivity (Wildman–Crippen MR) is 79.1 cm³/mol. The van der Waals surface area contributed by atoms with E-state index in [2.05, 4.69) is 51.1 Å². The van der Waals surface area contributed by atoms with Crippen molar-refractivity contribution in [2.45, 2.75) is 53.2 Å². The Morgan fingerprint density at radius 2 is 2.05 bits per heavy atom. The van der Waals surface area contributed by atoms with Crippen LogP contribution in [0.25, 0.3) is 0 Å². The van der Waals surface area contributed by atoms with Crippen LogP contribution >= 0.6 is 0 Å². The normalized spacial score (nSPS) is 15.5.